The third-order valence-corrected chi connectivity index (χ3v) is 4.89. The van der Waals surface area contributed by atoms with Crippen LogP contribution < -0.4 is 11.1 Å². The Bertz CT molecular complexity index is 637. The maximum absolute atomic E-state index is 12.6. The van der Waals surface area contributed by atoms with Crippen molar-refractivity contribution in [3.8, 4) is 0 Å². The first-order chi connectivity index (χ1) is 12.1. The Balaban J connectivity index is 1.57. The summed E-state index contributed by atoms with van der Waals surface area (Å²) in [6.45, 7) is 3.44. The third-order valence-electron chi connectivity index (χ3n) is 4.89. The lowest BCUT2D eigenvalue weighted by Gasteiger charge is -2.33. The Morgan fingerprint density at radius 1 is 1.36 bits per heavy atom. The molecule has 0 spiro atoms. The number of likely N-dealkylation sites (tertiary alicyclic amines) is 1. The second kappa shape index (κ2) is 7.93. The van der Waals surface area contributed by atoms with Crippen LogP contribution in [0.1, 0.15) is 31.4 Å². The maximum Gasteiger partial charge on any atom is 0.251 e. The van der Waals surface area contributed by atoms with E-state index < -0.39 is 6.10 Å². The van der Waals surface area contributed by atoms with E-state index in [9.17, 15) is 9.59 Å². The number of aromatic nitrogens is 1. The van der Waals surface area contributed by atoms with Crippen LogP contribution >= 0.6 is 0 Å². The van der Waals surface area contributed by atoms with Crippen LogP contribution in [0.5, 0.6) is 0 Å². The number of nitrogens with two attached hydrogens (primary N) is 1. The first-order valence-electron chi connectivity index (χ1n) is 8.95. The Kier molecular flexibility index (Phi) is 5.65. The zero-order valence-electron chi connectivity index (χ0n) is 14.6. The highest BCUT2D eigenvalue weighted by molar-refractivity contribution is 5.92. The molecule has 2 aliphatic rings. The number of pyridine rings is 1. The van der Waals surface area contributed by atoms with Gasteiger partial charge in [0.05, 0.1) is 12.0 Å². The van der Waals surface area contributed by atoms with E-state index in [0.29, 0.717) is 31.9 Å². The van der Waals surface area contributed by atoms with Crippen molar-refractivity contribution < 1.29 is 14.3 Å². The maximum atomic E-state index is 12.6. The van der Waals surface area contributed by atoms with E-state index in [1.807, 2.05) is 19.1 Å². The van der Waals surface area contributed by atoms with Crippen LogP contribution in [0.4, 0.5) is 5.82 Å². The van der Waals surface area contributed by atoms with Crippen molar-refractivity contribution in [2.24, 2.45) is 11.7 Å². The molecule has 2 amide bonds. The van der Waals surface area contributed by atoms with Gasteiger partial charge in [-0.15, -0.1) is 0 Å². The summed E-state index contributed by atoms with van der Waals surface area (Å²) in [5.74, 6) is 0.245. The molecule has 0 saturated carbocycles. The van der Waals surface area contributed by atoms with Gasteiger partial charge in [-0.25, -0.2) is 4.98 Å². The molecule has 0 aromatic carbocycles. The van der Waals surface area contributed by atoms with Crippen molar-refractivity contribution in [2.45, 2.75) is 44.8 Å². The minimum Gasteiger partial charge on any atom is -0.364 e. The topological polar surface area (TPSA) is 97.6 Å². The Labute approximate surface area is 147 Å². The molecule has 3 N–H and O–H groups in total. The number of hydrogen-bond donors (Lipinski definition) is 2. The highest BCUT2D eigenvalue weighted by Gasteiger charge is 2.36. The van der Waals surface area contributed by atoms with Crippen molar-refractivity contribution in [1.82, 2.24) is 9.88 Å². The number of aryl methyl sites for hydroxylation is 1. The van der Waals surface area contributed by atoms with E-state index in [1.165, 1.54) is 0 Å². The van der Waals surface area contributed by atoms with E-state index >= 15 is 0 Å². The number of nitrogens with one attached hydrogen (secondary N) is 1. The highest BCUT2D eigenvalue weighted by atomic mass is 16.5. The number of piperidine rings is 1. The number of ether oxygens (including phenoxy) is 1. The molecule has 25 heavy (non-hydrogen) atoms. The monoisotopic (exact) mass is 346 g/mol. The van der Waals surface area contributed by atoms with Crippen molar-refractivity contribution >= 4 is 17.6 Å². The first-order valence-corrected chi connectivity index (χ1v) is 8.95. The number of anilines is 1. The van der Waals surface area contributed by atoms with E-state index in [0.717, 1.165) is 25.0 Å². The average molecular weight is 346 g/mol. The summed E-state index contributed by atoms with van der Waals surface area (Å²) < 4.78 is 5.70. The lowest BCUT2D eigenvalue weighted by Crippen LogP contribution is -2.47. The number of hydrogen-bond acceptors (Lipinski definition) is 5. The zero-order chi connectivity index (χ0) is 17.8. The van der Waals surface area contributed by atoms with Gasteiger partial charge in [0, 0.05) is 25.3 Å². The van der Waals surface area contributed by atoms with Crippen molar-refractivity contribution in [1.29, 1.82) is 0 Å². The first kappa shape index (κ1) is 17.8. The summed E-state index contributed by atoms with van der Waals surface area (Å²) in [4.78, 5) is 31.2. The molecule has 2 fully saturated rings. The zero-order valence-corrected chi connectivity index (χ0v) is 14.6. The third kappa shape index (κ3) is 4.35. The Hall–Kier alpha value is -1.99. The summed E-state index contributed by atoms with van der Waals surface area (Å²) in [5.41, 5.74) is 6.46. The lowest BCUT2D eigenvalue weighted by atomic mass is 9.96. The highest BCUT2D eigenvalue weighted by Crippen LogP contribution is 2.24. The summed E-state index contributed by atoms with van der Waals surface area (Å²) >= 11 is 0. The van der Waals surface area contributed by atoms with Crippen molar-refractivity contribution in [3.05, 3.63) is 23.9 Å². The van der Waals surface area contributed by atoms with E-state index in [-0.39, 0.29) is 23.8 Å². The van der Waals surface area contributed by atoms with E-state index in [4.69, 9.17) is 10.5 Å². The number of rotatable bonds is 4. The fourth-order valence-corrected chi connectivity index (χ4v) is 3.50. The van der Waals surface area contributed by atoms with Gasteiger partial charge in [-0.1, -0.05) is 6.07 Å². The molecule has 1 aromatic rings. The summed E-state index contributed by atoms with van der Waals surface area (Å²) in [6.07, 6.45) is 2.69. The molecular formula is C18H26N4O3. The molecule has 3 heterocycles. The molecular weight excluding hydrogens is 320 g/mol. The molecule has 0 radical (unpaired) electrons. The van der Waals surface area contributed by atoms with Crippen LogP contribution in [-0.4, -0.2) is 53.5 Å². The molecule has 1 unspecified atom stereocenters. The molecule has 136 valence electrons. The minimum absolute atomic E-state index is 0.0119. The second-order valence-corrected chi connectivity index (χ2v) is 6.84. The van der Waals surface area contributed by atoms with Crippen LogP contribution in [0, 0.1) is 12.8 Å². The van der Waals surface area contributed by atoms with Crippen LogP contribution in [0.15, 0.2) is 18.2 Å². The van der Waals surface area contributed by atoms with Gasteiger partial charge in [-0.3, -0.25) is 9.59 Å². The predicted molar refractivity (Wildman–Crippen MR) is 93.9 cm³/mol. The molecule has 0 aliphatic carbocycles. The SMILES string of the molecule is Cc1cccc(NC(=O)C2CCCN(C(=O)[C@@H]3CC[C@H](CN)O3)C2)n1. The number of carbonyl (C=O) groups excluding carboxylic acids is 2. The smallest absolute Gasteiger partial charge is 0.251 e. The minimum atomic E-state index is -0.409. The van der Waals surface area contributed by atoms with Gasteiger partial charge >= 0.3 is 0 Å². The van der Waals surface area contributed by atoms with Gasteiger partial charge in [0.15, 0.2) is 0 Å². The fraction of sp³-hybridized carbons (Fsp3) is 0.611. The second-order valence-electron chi connectivity index (χ2n) is 6.84. The number of amides is 2. The van der Waals surface area contributed by atoms with Gasteiger partial charge in [0.25, 0.3) is 5.91 Å². The molecule has 2 saturated heterocycles. The van der Waals surface area contributed by atoms with Gasteiger partial charge in [-0.05, 0) is 44.7 Å². The number of nitrogens with zero attached hydrogens (tertiary/aromatic N) is 2. The Morgan fingerprint density at radius 3 is 2.92 bits per heavy atom. The summed E-state index contributed by atoms with van der Waals surface area (Å²) in [5, 5.41) is 2.86. The number of carbonyl (C=O) groups is 2. The lowest BCUT2D eigenvalue weighted by molar-refractivity contribution is -0.145. The molecule has 3 atom stereocenters. The quantitative estimate of drug-likeness (QED) is 0.850. The fourth-order valence-electron chi connectivity index (χ4n) is 3.50. The van der Waals surface area contributed by atoms with Gasteiger partial charge in [0.2, 0.25) is 5.91 Å². The van der Waals surface area contributed by atoms with E-state index in [2.05, 4.69) is 10.3 Å². The summed E-state index contributed by atoms with van der Waals surface area (Å²) in [7, 11) is 0. The molecule has 2 aliphatic heterocycles. The molecule has 0 bridgehead atoms. The largest absolute Gasteiger partial charge is 0.364 e. The van der Waals surface area contributed by atoms with Crippen molar-refractivity contribution in [3.63, 3.8) is 0 Å². The van der Waals surface area contributed by atoms with Crippen LogP contribution in [-0.2, 0) is 14.3 Å². The molecule has 3 rings (SSSR count). The van der Waals surface area contributed by atoms with E-state index in [1.54, 1.807) is 11.0 Å². The predicted octanol–water partition coefficient (Wildman–Crippen LogP) is 1.07. The van der Waals surface area contributed by atoms with Crippen LogP contribution in [0.25, 0.3) is 0 Å². The van der Waals surface area contributed by atoms with Crippen LogP contribution in [0.2, 0.25) is 0 Å². The molecule has 7 nitrogen and oxygen atoms in total. The average Bonchev–Trinajstić information content (AvgIpc) is 3.10. The molecule has 1 aromatic heterocycles. The normalized spacial score (nSPS) is 26.5. The van der Waals surface area contributed by atoms with Gasteiger partial charge in [0.1, 0.15) is 11.9 Å². The summed E-state index contributed by atoms with van der Waals surface area (Å²) in [6, 6.07) is 5.52. The Morgan fingerprint density at radius 2 is 2.20 bits per heavy atom. The van der Waals surface area contributed by atoms with Gasteiger partial charge < -0.3 is 20.7 Å². The van der Waals surface area contributed by atoms with Crippen LogP contribution in [0.3, 0.4) is 0 Å². The standard InChI is InChI=1S/C18H26N4O3/c1-12-4-2-6-16(20-12)21-17(23)13-5-3-9-22(11-13)18(24)15-8-7-14(10-19)25-15/h2,4,6,13-15H,3,5,7-11,19H2,1H3,(H,20,21,23)/t13?,14-,15+/m1/s1. The van der Waals surface area contributed by atoms with Gasteiger partial charge in [-0.2, -0.15) is 0 Å². The van der Waals surface area contributed by atoms with Crippen molar-refractivity contribution in [2.75, 3.05) is 25.0 Å². The molecule has 7 heteroatoms.